The van der Waals surface area contributed by atoms with Gasteiger partial charge in [0.25, 0.3) is 0 Å². The highest BCUT2D eigenvalue weighted by Gasteiger charge is 2.34. The molecular formula is C13H27NO3S. The number of carbonyl (C=O) groups is 1. The number of hydrogen-bond donors (Lipinski definition) is 2. The van der Waals surface area contributed by atoms with Crippen molar-refractivity contribution in [2.45, 2.75) is 57.9 Å². The van der Waals surface area contributed by atoms with Crippen molar-refractivity contribution in [1.29, 1.82) is 0 Å². The SMILES string of the molecule is CCCNC(C)(CSC(C)C(C)O)C(=O)OCC. The summed E-state index contributed by atoms with van der Waals surface area (Å²) >= 11 is 1.58. The standard InChI is InChI=1S/C13H27NO3S/c1-6-8-14-13(5,12(16)17-7-2)9-18-11(4)10(3)15/h10-11,14-15H,6-9H2,1-5H3. The summed E-state index contributed by atoms with van der Waals surface area (Å²) in [6.07, 6.45) is 0.582. The molecule has 0 spiro atoms. The van der Waals surface area contributed by atoms with Gasteiger partial charge in [-0.25, -0.2) is 0 Å². The van der Waals surface area contributed by atoms with Gasteiger partial charge in [-0.15, -0.1) is 0 Å². The Morgan fingerprint density at radius 2 is 2.06 bits per heavy atom. The summed E-state index contributed by atoms with van der Waals surface area (Å²) in [7, 11) is 0. The molecule has 0 aliphatic heterocycles. The van der Waals surface area contributed by atoms with Gasteiger partial charge < -0.3 is 15.2 Å². The number of thioether (sulfide) groups is 1. The van der Waals surface area contributed by atoms with Crippen molar-refractivity contribution in [1.82, 2.24) is 5.32 Å². The third-order valence-corrected chi connectivity index (χ3v) is 4.47. The maximum absolute atomic E-state index is 12.0. The Bertz CT molecular complexity index is 248. The molecule has 0 aliphatic carbocycles. The number of carbonyl (C=O) groups excluding carboxylic acids is 1. The third kappa shape index (κ3) is 6.07. The van der Waals surface area contributed by atoms with Crippen LogP contribution in [0, 0.1) is 0 Å². The molecule has 0 heterocycles. The van der Waals surface area contributed by atoms with Gasteiger partial charge in [-0.05, 0) is 33.7 Å². The smallest absolute Gasteiger partial charge is 0.326 e. The Kier molecular flexibility index (Phi) is 8.65. The molecule has 0 rings (SSSR count). The van der Waals surface area contributed by atoms with Gasteiger partial charge in [0.15, 0.2) is 0 Å². The fourth-order valence-corrected chi connectivity index (χ4v) is 2.41. The summed E-state index contributed by atoms with van der Waals surface area (Å²) < 4.78 is 5.12. The zero-order chi connectivity index (χ0) is 14.2. The van der Waals surface area contributed by atoms with E-state index in [1.54, 1.807) is 18.7 Å². The van der Waals surface area contributed by atoms with Crippen LogP contribution >= 0.6 is 11.8 Å². The van der Waals surface area contributed by atoms with E-state index in [1.807, 2.05) is 20.8 Å². The Balaban J connectivity index is 4.50. The minimum Gasteiger partial charge on any atom is -0.465 e. The Labute approximate surface area is 115 Å². The predicted molar refractivity (Wildman–Crippen MR) is 76.9 cm³/mol. The number of aliphatic hydroxyl groups excluding tert-OH is 1. The van der Waals surface area contributed by atoms with E-state index in [9.17, 15) is 9.90 Å². The van der Waals surface area contributed by atoms with Crippen molar-refractivity contribution in [3.63, 3.8) is 0 Å². The predicted octanol–water partition coefficient (Wildman–Crippen LogP) is 1.81. The molecule has 3 atom stereocenters. The molecule has 5 heteroatoms. The molecule has 108 valence electrons. The number of esters is 1. The summed E-state index contributed by atoms with van der Waals surface area (Å²) in [4.78, 5) is 12.0. The Morgan fingerprint density at radius 3 is 2.50 bits per heavy atom. The first-order valence-corrected chi connectivity index (χ1v) is 7.64. The van der Waals surface area contributed by atoms with Crippen molar-refractivity contribution >= 4 is 17.7 Å². The molecule has 3 unspecified atom stereocenters. The van der Waals surface area contributed by atoms with E-state index in [-0.39, 0.29) is 17.3 Å². The van der Waals surface area contributed by atoms with E-state index in [0.717, 1.165) is 13.0 Å². The van der Waals surface area contributed by atoms with E-state index in [4.69, 9.17) is 4.74 Å². The van der Waals surface area contributed by atoms with Gasteiger partial charge in [0, 0.05) is 11.0 Å². The number of ether oxygens (including phenoxy) is 1. The van der Waals surface area contributed by atoms with Crippen LogP contribution in [-0.2, 0) is 9.53 Å². The lowest BCUT2D eigenvalue weighted by Gasteiger charge is -2.29. The molecule has 0 saturated carbocycles. The number of nitrogens with one attached hydrogen (secondary N) is 1. The molecule has 18 heavy (non-hydrogen) atoms. The zero-order valence-electron chi connectivity index (χ0n) is 12.2. The van der Waals surface area contributed by atoms with Crippen molar-refractivity contribution in [2.24, 2.45) is 0 Å². The van der Waals surface area contributed by atoms with Crippen molar-refractivity contribution in [3.8, 4) is 0 Å². The summed E-state index contributed by atoms with van der Waals surface area (Å²) in [6.45, 7) is 10.6. The molecule has 0 saturated heterocycles. The molecule has 0 amide bonds. The van der Waals surface area contributed by atoms with Gasteiger partial charge in [0.2, 0.25) is 0 Å². The van der Waals surface area contributed by atoms with Gasteiger partial charge in [0.05, 0.1) is 12.7 Å². The monoisotopic (exact) mass is 277 g/mol. The van der Waals surface area contributed by atoms with E-state index in [1.165, 1.54) is 0 Å². The van der Waals surface area contributed by atoms with E-state index < -0.39 is 5.54 Å². The first-order chi connectivity index (χ1) is 8.37. The van der Waals surface area contributed by atoms with Crippen molar-refractivity contribution in [2.75, 3.05) is 18.9 Å². The highest BCUT2D eigenvalue weighted by Crippen LogP contribution is 2.21. The average Bonchev–Trinajstić information content (AvgIpc) is 2.33. The van der Waals surface area contributed by atoms with Crippen LogP contribution in [0.5, 0.6) is 0 Å². The van der Waals surface area contributed by atoms with E-state index in [2.05, 4.69) is 12.2 Å². The average molecular weight is 277 g/mol. The molecule has 2 N–H and O–H groups in total. The van der Waals surface area contributed by atoms with E-state index in [0.29, 0.717) is 12.4 Å². The van der Waals surface area contributed by atoms with Gasteiger partial charge in [-0.1, -0.05) is 13.8 Å². The lowest BCUT2D eigenvalue weighted by molar-refractivity contribution is -0.149. The van der Waals surface area contributed by atoms with Gasteiger partial charge in [-0.2, -0.15) is 11.8 Å². The molecule has 0 bridgehead atoms. The second-order valence-electron chi connectivity index (χ2n) is 4.74. The number of rotatable bonds is 9. The largest absolute Gasteiger partial charge is 0.465 e. The third-order valence-electron chi connectivity index (χ3n) is 2.81. The molecule has 0 aliphatic rings. The lowest BCUT2D eigenvalue weighted by atomic mass is 10.1. The summed E-state index contributed by atoms with van der Waals surface area (Å²) in [5.74, 6) is 0.376. The van der Waals surface area contributed by atoms with Gasteiger partial charge >= 0.3 is 5.97 Å². The second kappa shape index (κ2) is 8.77. The highest BCUT2D eigenvalue weighted by atomic mass is 32.2. The molecule has 0 aromatic rings. The molecular weight excluding hydrogens is 250 g/mol. The van der Waals surface area contributed by atoms with Gasteiger partial charge in [0.1, 0.15) is 5.54 Å². The fraction of sp³-hybridized carbons (Fsp3) is 0.923. The van der Waals surface area contributed by atoms with Crippen LogP contribution < -0.4 is 5.32 Å². The van der Waals surface area contributed by atoms with Crippen LogP contribution in [0.25, 0.3) is 0 Å². The number of hydrogen-bond acceptors (Lipinski definition) is 5. The Morgan fingerprint density at radius 1 is 1.44 bits per heavy atom. The lowest BCUT2D eigenvalue weighted by Crippen LogP contribution is -2.53. The molecule has 0 radical (unpaired) electrons. The molecule has 0 aromatic carbocycles. The second-order valence-corrected chi connectivity index (χ2v) is 6.10. The summed E-state index contributed by atoms with van der Waals surface area (Å²) in [5, 5.41) is 12.8. The van der Waals surface area contributed by atoms with Crippen molar-refractivity contribution in [3.05, 3.63) is 0 Å². The van der Waals surface area contributed by atoms with E-state index >= 15 is 0 Å². The maximum Gasteiger partial charge on any atom is 0.326 e. The Hall–Kier alpha value is -0.260. The zero-order valence-corrected chi connectivity index (χ0v) is 13.0. The molecule has 0 aromatic heterocycles. The van der Waals surface area contributed by atoms with Crippen LogP contribution in [0.4, 0.5) is 0 Å². The highest BCUT2D eigenvalue weighted by molar-refractivity contribution is 8.00. The fourth-order valence-electron chi connectivity index (χ4n) is 1.31. The summed E-state index contributed by atoms with van der Waals surface area (Å²) in [6, 6.07) is 0. The van der Waals surface area contributed by atoms with Crippen LogP contribution in [-0.4, -0.2) is 46.9 Å². The first kappa shape index (κ1) is 17.7. The normalized spacial score (nSPS) is 17.9. The van der Waals surface area contributed by atoms with Crippen LogP contribution in [0.1, 0.15) is 41.0 Å². The molecule has 0 fully saturated rings. The minimum atomic E-state index is -0.681. The number of aliphatic hydroxyl groups is 1. The van der Waals surface area contributed by atoms with Crippen molar-refractivity contribution < 1.29 is 14.6 Å². The van der Waals surface area contributed by atoms with Gasteiger partial charge in [-0.3, -0.25) is 4.79 Å². The topological polar surface area (TPSA) is 58.6 Å². The minimum absolute atomic E-state index is 0.0992. The first-order valence-electron chi connectivity index (χ1n) is 6.59. The molecule has 4 nitrogen and oxygen atoms in total. The maximum atomic E-state index is 12.0. The van der Waals surface area contributed by atoms with Crippen LogP contribution in [0.15, 0.2) is 0 Å². The summed E-state index contributed by atoms with van der Waals surface area (Å²) in [5.41, 5.74) is -0.681. The quantitative estimate of drug-likeness (QED) is 0.630. The van der Waals surface area contributed by atoms with Crippen LogP contribution in [0.2, 0.25) is 0 Å². The van der Waals surface area contributed by atoms with Crippen LogP contribution in [0.3, 0.4) is 0 Å².